The van der Waals surface area contributed by atoms with Crippen molar-refractivity contribution in [2.75, 3.05) is 0 Å². The van der Waals surface area contributed by atoms with E-state index in [1.807, 2.05) is 24.3 Å². The predicted octanol–water partition coefficient (Wildman–Crippen LogP) is 3.54. The van der Waals surface area contributed by atoms with Crippen LogP contribution in [-0.4, -0.2) is 10.1 Å². The average molecular weight is 252 g/mol. The molecule has 0 bridgehead atoms. The molecule has 0 saturated heterocycles. The molecule has 3 aromatic rings. The summed E-state index contributed by atoms with van der Waals surface area (Å²) in [5.41, 5.74) is 4.44. The Morgan fingerprint density at radius 3 is 2.78 bits per heavy atom. The van der Waals surface area contributed by atoms with Crippen molar-refractivity contribution in [3.8, 4) is 22.9 Å². The van der Waals surface area contributed by atoms with Crippen molar-refractivity contribution in [3.05, 3.63) is 47.5 Å². The van der Waals surface area contributed by atoms with Gasteiger partial charge in [0.15, 0.2) is 0 Å². The molecular formula is C14H8N2OS. The van der Waals surface area contributed by atoms with Crippen LogP contribution in [0.5, 0.6) is 5.75 Å². The van der Waals surface area contributed by atoms with Crippen LogP contribution in [-0.2, 0) is 0 Å². The molecule has 3 nitrogen and oxygen atoms in total. The molecule has 0 atom stereocenters. The molecule has 0 radical (unpaired) electrons. The number of thiazole rings is 1. The van der Waals surface area contributed by atoms with Crippen molar-refractivity contribution in [2.24, 2.45) is 0 Å². The number of rotatable bonds is 1. The Labute approximate surface area is 108 Å². The normalized spacial score (nSPS) is 10.4. The lowest BCUT2D eigenvalue weighted by Gasteiger charge is -2.06. The highest BCUT2D eigenvalue weighted by Crippen LogP contribution is 2.38. The van der Waals surface area contributed by atoms with Crippen LogP contribution in [0.1, 0.15) is 5.56 Å². The molecule has 3 rings (SSSR count). The molecule has 1 heterocycles. The highest BCUT2D eigenvalue weighted by Gasteiger charge is 2.12. The topological polar surface area (TPSA) is 56.9 Å². The summed E-state index contributed by atoms with van der Waals surface area (Å²) in [6, 6.07) is 13.0. The van der Waals surface area contributed by atoms with E-state index in [-0.39, 0.29) is 5.75 Å². The number of phenolic OH excluding ortho intramolecular Hbond substituents is 1. The zero-order valence-corrected chi connectivity index (χ0v) is 10.1. The second-order valence-corrected chi connectivity index (χ2v) is 4.67. The first kappa shape index (κ1) is 10.8. The van der Waals surface area contributed by atoms with Gasteiger partial charge in [0.1, 0.15) is 5.75 Å². The van der Waals surface area contributed by atoms with Gasteiger partial charge in [0.25, 0.3) is 0 Å². The summed E-state index contributed by atoms with van der Waals surface area (Å²) >= 11 is 1.39. The predicted molar refractivity (Wildman–Crippen MR) is 71.4 cm³/mol. The molecule has 86 valence electrons. The van der Waals surface area contributed by atoms with Crippen LogP contribution in [0.3, 0.4) is 0 Å². The van der Waals surface area contributed by atoms with Crippen LogP contribution >= 0.6 is 11.3 Å². The third-order valence-electron chi connectivity index (χ3n) is 2.81. The molecule has 0 aliphatic heterocycles. The van der Waals surface area contributed by atoms with E-state index in [1.54, 1.807) is 17.6 Å². The first-order valence-electron chi connectivity index (χ1n) is 5.36. The van der Waals surface area contributed by atoms with Gasteiger partial charge in [-0.15, -0.1) is 11.3 Å². The van der Waals surface area contributed by atoms with Crippen molar-refractivity contribution in [2.45, 2.75) is 0 Å². The fraction of sp³-hybridized carbons (Fsp3) is 0. The van der Waals surface area contributed by atoms with Gasteiger partial charge in [-0.25, -0.2) is 4.98 Å². The summed E-state index contributed by atoms with van der Waals surface area (Å²) in [4.78, 5) is 4.15. The van der Waals surface area contributed by atoms with Crippen LogP contribution in [0.15, 0.2) is 41.9 Å². The van der Waals surface area contributed by atoms with E-state index in [0.717, 1.165) is 15.8 Å². The first-order chi connectivity index (χ1) is 8.81. The Bertz CT molecular complexity index is 771. The number of nitriles is 1. The highest BCUT2D eigenvalue weighted by molar-refractivity contribution is 7.17. The molecular weight excluding hydrogens is 244 g/mol. The van der Waals surface area contributed by atoms with E-state index in [2.05, 4.69) is 11.1 Å². The average Bonchev–Trinajstić information content (AvgIpc) is 2.88. The Morgan fingerprint density at radius 2 is 1.94 bits per heavy atom. The van der Waals surface area contributed by atoms with Crippen LogP contribution in [0.4, 0.5) is 0 Å². The molecule has 18 heavy (non-hydrogen) atoms. The zero-order chi connectivity index (χ0) is 12.5. The van der Waals surface area contributed by atoms with Crippen molar-refractivity contribution in [1.29, 1.82) is 5.26 Å². The van der Waals surface area contributed by atoms with Gasteiger partial charge in [0.2, 0.25) is 0 Å². The summed E-state index contributed by atoms with van der Waals surface area (Å²) in [5.74, 6) is 0.192. The number of aromatic hydroxyl groups is 1. The molecule has 0 saturated carbocycles. The molecule has 1 aromatic heterocycles. The Kier molecular flexibility index (Phi) is 2.47. The third-order valence-corrected chi connectivity index (χ3v) is 3.66. The molecule has 0 aliphatic carbocycles. The van der Waals surface area contributed by atoms with Gasteiger partial charge in [-0.3, -0.25) is 0 Å². The lowest BCUT2D eigenvalue weighted by atomic mass is 9.99. The third kappa shape index (κ3) is 1.53. The molecule has 4 heteroatoms. The van der Waals surface area contributed by atoms with E-state index in [0.29, 0.717) is 11.1 Å². The Morgan fingerprint density at radius 1 is 1.11 bits per heavy atom. The fourth-order valence-corrected chi connectivity index (χ4v) is 2.68. The van der Waals surface area contributed by atoms with Crippen LogP contribution in [0.2, 0.25) is 0 Å². The van der Waals surface area contributed by atoms with E-state index in [9.17, 15) is 5.11 Å². The van der Waals surface area contributed by atoms with Crippen LogP contribution in [0, 0.1) is 11.3 Å². The van der Waals surface area contributed by atoms with E-state index < -0.39 is 0 Å². The number of phenols is 1. The molecule has 0 fully saturated rings. The molecule has 0 spiro atoms. The second kappa shape index (κ2) is 4.13. The number of hydrogen-bond acceptors (Lipinski definition) is 4. The SMILES string of the molecule is N#Cc1ccccc1-c1ccc2ncsc2c1O. The fourth-order valence-electron chi connectivity index (χ4n) is 1.95. The molecule has 2 aromatic carbocycles. The highest BCUT2D eigenvalue weighted by atomic mass is 32.1. The molecule has 0 amide bonds. The van der Waals surface area contributed by atoms with Gasteiger partial charge < -0.3 is 5.11 Å². The lowest BCUT2D eigenvalue weighted by molar-refractivity contribution is 0.484. The number of nitrogens with zero attached hydrogens (tertiary/aromatic N) is 2. The lowest BCUT2D eigenvalue weighted by Crippen LogP contribution is -1.84. The Hall–Kier alpha value is -2.38. The van der Waals surface area contributed by atoms with E-state index in [4.69, 9.17) is 5.26 Å². The summed E-state index contributed by atoms with van der Waals surface area (Å²) in [5, 5.41) is 19.4. The van der Waals surface area contributed by atoms with E-state index in [1.165, 1.54) is 11.3 Å². The quantitative estimate of drug-likeness (QED) is 0.720. The van der Waals surface area contributed by atoms with E-state index >= 15 is 0 Å². The van der Waals surface area contributed by atoms with Gasteiger partial charge in [0, 0.05) is 11.1 Å². The number of fused-ring (bicyclic) bond motifs is 1. The van der Waals surface area contributed by atoms with Crippen molar-refractivity contribution in [3.63, 3.8) is 0 Å². The minimum Gasteiger partial charge on any atom is -0.506 e. The van der Waals surface area contributed by atoms with Gasteiger partial charge >= 0.3 is 0 Å². The van der Waals surface area contributed by atoms with Gasteiger partial charge in [-0.05, 0) is 18.2 Å². The smallest absolute Gasteiger partial charge is 0.142 e. The van der Waals surface area contributed by atoms with Crippen molar-refractivity contribution < 1.29 is 5.11 Å². The summed E-state index contributed by atoms with van der Waals surface area (Å²) in [6.07, 6.45) is 0. The monoisotopic (exact) mass is 252 g/mol. The summed E-state index contributed by atoms with van der Waals surface area (Å²) in [6.45, 7) is 0. The largest absolute Gasteiger partial charge is 0.506 e. The molecule has 1 N–H and O–H groups in total. The maximum absolute atomic E-state index is 10.3. The maximum Gasteiger partial charge on any atom is 0.142 e. The number of hydrogen-bond donors (Lipinski definition) is 1. The standard InChI is InChI=1S/C14H8N2OS/c15-7-9-3-1-2-4-10(9)11-5-6-12-14(13(11)17)18-8-16-12/h1-6,8,17H. The Balaban J connectivity index is 2.32. The zero-order valence-electron chi connectivity index (χ0n) is 9.29. The van der Waals surface area contributed by atoms with Gasteiger partial charge in [0.05, 0.1) is 27.4 Å². The van der Waals surface area contributed by atoms with Crippen molar-refractivity contribution >= 4 is 21.6 Å². The van der Waals surface area contributed by atoms with Gasteiger partial charge in [-0.1, -0.05) is 18.2 Å². The number of benzene rings is 2. The van der Waals surface area contributed by atoms with Gasteiger partial charge in [-0.2, -0.15) is 5.26 Å². The minimum absolute atomic E-state index is 0.192. The minimum atomic E-state index is 0.192. The first-order valence-corrected chi connectivity index (χ1v) is 6.24. The maximum atomic E-state index is 10.3. The summed E-state index contributed by atoms with van der Waals surface area (Å²) < 4.78 is 0.750. The molecule has 0 unspecified atom stereocenters. The molecule has 0 aliphatic rings. The second-order valence-electron chi connectivity index (χ2n) is 3.82. The summed E-state index contributed by atoms with van der Waals surface area (Å²) in [7, 11) is 0. The number of aromatic nitrogens is 1. The van der Waals surface area contributed by atoms with Crippen LogP contribution in [0.25, 0.3) is 21.3 Å². The van der Waals surface area contributed by atoms with Crippen molar-refractivity contribution in [1.82, 2.24) is 4.98 Å². The van der Waals surface area contributed by atoms with Crippen LogP contribution < -0.4 is 0 Å².